The Kier molecular flexibility index (Phi) is 11.3. The maximum Gasteiger partial charge on any atom is 0.191 e. The summed E-state index contributed by atoms with van der Waals surface area (Å²) in [5.41, 5.74) is 1.16. The summed E-state index contributed by atoms with van der Waals surface area (Å²) < 4.78 is 5.57. The standard InChI is InChI=1S/C22H39N5O.HI/c1-8-23-22(25-19-15-27(16(2)3)14-17(19)4)24-13-20(26(5)6)18-11-9-10-12-21(18)28-7;/h9-12,16-17,19-20H,8,13-15H2,1-7H3,(H2,23,24,25);1H. The Bertz CT molecular complexity index is 637. The van der Waals surface area contributed by atoms with Crippen LogP contribution in [0.15, 0.2) is 29.3 Å². The second kappa shape index (κ2) is 12.6. The molecule has 1 aliphatic heterocycles. The number of methoxy groups -OCH3 is 1. The molecule has 3 unspecified atom stereocenters. The first-order chi connectivity index (χ1) is 13.4. The zero-order valence-corrected chi connectivity index (χ0v) is 21.4. The Morgan fingerprint density at radius 2 is 1.97 bits per heavy atom. The summed E-state index contributed by atoms with van der Waals surface area (Å²) in [6.07, 6.45) is 0. The van der Waals surface area contributed by atoms with E-state index in [0.717, 1.165) is 36.9 Å². The van der Waals surface area contributed by atoms with Crippen LogP contribution in [-0.2, 0) is 0 Å². The van der Waals surface area contributed by atoms with Crippen molar-refractivity contribution in [3.8, 4) is 5.75 Å². The first kappa shape index (κ1) is 26.0. The van der Waals surface area contributed by atoms with Crippen molar-refractivity contribution in [2.75, 3.05) is 47.4 Å². The molecule has 0 aromatic heterocycles. The molecule has 29 heavy (non-hydrogen) atoms. The van der Waals surface area contributed by atoms with Crippen molar-refractivity contribution in [3.05, 3.63) is 29.8 Å². The number of halogens is 1. The van der Waals surface area contributed by atoms with Crippen molar-refractivity contribution in [1.29, 1.82) is 0 Å². The molecule has 166 valence electrons. The molecule has 1 saturated heterocycles. The van der Waals surface area contributed by atoms with Gasteiger partial charge in [-0.05, 0) is 46.9 Å². The van der Waals surface area contributed by atoms with Gasteiger partial charge in [0.15, 0.2) is 5.96 Å². The maximum absolute atomic E-state index is 5.57. The lowest BCUT2D eigenvalue weighted by molar-refractivity contribution is 0.265. The van der Waals surface area contributed by atoms with Crippen LogP contribution in [0, 0.1) is 5.92 Å². The van der Waals surface area contributed by atoms with Gasteiger partial charge in [0.2, 0.25) is 0 Å². The summed E-state index contributed by atoms with van der Waals surface area (Å²) in [5, 5.41) is 7.09. The molecule has 2 N–H and O–H groups in total. The molecule has 1 aliphatic rings. The van der Waals surface area contributed by atoms with Gasteiger partial charge in [0.05, 0.1) is 19.7 Å². The fourth-order valence-corrected chi connectivity index (χ4v) is 3.77. The van der Waals surface area contributed by atoms with E-state index in [1.165, 1.54) is 0 Å². The van der Waals surface area contributed by atoms with Crippen LogP contribution in [0.4, 0.5) is 0 Å². The summed E-state index contributed by atoms with van der Waals surface area (Å²) in [6, 6.07) is 9.36. The third kappa shape index (κ3) is 7.29. The number of likely N-dealkylation sites (tertiary alicyclic amines) is 1. The predicted molar refractivity (Wildman–Crippen MR) is 134 cm³/mol. The number of hydrogen-bond donors (Lipinski definition) is 2. The molecule has 1 heterocycles. The monoisotopic (exact) mass is 517 g/mol. The van der Waals surface area contributed by atoms with Crippen LogP contribution in [0.3, 0.4) is 0 Å². The molecule has 0 bridgehead atoms. The lowest BCUT2D eigenvalue weighted by Crippen LogP contribution is -2.47. The van der Waals surface area contributed by atoms with Crippen LogP contribution in [0.2, 0.25) is 0 Å². The van der Waals surface area contributed by atoms with E-state index in [4.69, 9.17) is 9.73 Å². The third-order valence-electron chi connectivity index (χ3n) is 5.58. The van der Waals surface area contributed by atoms with E-state index in [-0.39, 0.29) is 30.0 Å². The second-order valence-corrected chi connectivity index (χ2v) is 8.22. The number of guanidine groups is 1. The number of aliphatic imine (C=N–C) groups is 1. The van der Waals surface area contributed by atoms with Gasteiger partial charge in [0.25, 0.3) is 0 Å². The molecule has 7 heteroatoms. The van der Waals surface area contributed by atoms with Gasteiger partial charge in [-0.2, -0.15) is 0 Å². The largest absolute Gasteiger partial charge is 0.496 e. The quantitative estimate of drug-likeness (QED) is 0.315. The number of hydrogen-bond acceptors (Lipinski definition) is 4. The SMILES string of the molecule is CCNC(=NCC(c1ccccc1OC)N(C)C)NC1CN(C(C)C)CC1C.I. The predicted octanol–water partition coefficient (Wildman–Crippen LogP) is 3.20. The Morgan fingerprint density at radius 1 is 1.28 bits per heavy atom. The normalized spacial score (nSPS) is 21.2. The Labute approximate surface area is 194 Å². The molecular weight excluding hydrogens is 477 g/mol. The van der Waals surface area contributed by atoms with Crippen molar-refractivity contribution in [2.24, 2.45) is 10.9 Å². The van der Waals surface area contributed by atoms with Gasteiger partial charge in [-0.25, -0.2) is 0 Å². The summed E-state index contributed by atoms with van der Waals surface area (Å²) >= 11 is 0. The molecular formula is C22H40IN5O. The van der Waals surface area contributed by atoms with Crippen LogP contribution >= 0.6 is 24.0 Å². The highest BCUT2D eigenvalue weighted by molar-refractivity contribution is 14.0. The van der Waals surface area contributed by atoms with Crippen molar-refractivity contribution < 1.29 is 4.74 Å². The van der Waals surface area contributed by atoms with E-state index in [1.807, 2.05) is 12.1 Å². The summed E-state index contributed by atoms with van der Waals surface area (Å²) in [5.74, 6) is 2.41. The van der Waals surface area contributed by atoms with Crippen LogP contribution in [-0.4, -0.2) is 75.2 Å². The maximum atomic E-state index is 5.57. The van der Waals surface area contributed by atoms with E-state index in [2.05, 4.69) is 74.4 Å². The fourth-order valence-electron chi connectivity index (χ4n) is 3.77. The number of para-hydroxylation sites is 1. The zero-order chi connectivity index (χ0) is 20.7. The van der Waals surface area contributed by atoms with E-state index in [0.29, 0.717) is 24.5 Å². The first-order valence-corrected chi connectivity index (χ1v) is 10.5. The van der Waals surface area contributed by atoms with Gasteiger partial charge in [0, 0.05) is 37.3 Å². The number of rotatable bonds is 8. The fraction of sp³-hybridized carbons (Fsp3) is 0.682. The number of likely N-dealkylation sites (N-methyl/N-ethyl adjacent to an activating group) is 1. The van der Waals surface area contributed by atoms with Gasteiger partial charge in [-0.3, -0.25) is 9.89 Å². The van der Waals surface area contributed by atoms with Crippen LogP contribution in [0.5, 0.6) is 5.75 Å². The summed E-state index contributed by atoms with van der Waals surface area (Å²) in [7, 11) is 5.90. The van der Waals surface area contributed by atoms with Gasteiger partial charge in [-0.1, -0.05) is 25.1 Å². The number of ether oxygens (including phenoxy) is 1. The van der Waals surface area contributed by atoms with Crippen molar-refractivity contribution in [3.63, 3.8) is 0 Å². The van der Waals surface area contributed by atoms with Crippen LogP contribution in [0.1, 0.15) is 39.3 Å². The van der Waals surface area contributed by atoms with Gasteiger partial charge < -0.3 is 20.3 Å². The van der Waals surface area contributed by atoms with Gasteiger partial charge in [0.1, 0.15) is 5.75 Å². The topological polar surface area (TPSA) is 52.1 Å². The van der Waals surface area contributed by atoms with Crippen molar-refractivity contribution in [1.82, 2.24) is 20.4 Å². The Hall–Kier alpha value is -1.06. The van der Waals surface area contributed by atoms with Crippen molar-refractivity contribution >= 4 is 29.9 Å². The highest BCUT2D eigenvalue weighted by atomic mass is 127. The minimum Gasteiger partial charge on any atom is -0.496 e. The molecule has 0 saturated carbocycles. The smallest absolute Gasteiger partial charge is 0.191 e. The van der Waals surface area contributed by atoms with E-state index >= 15 is 0 Å². The second-order valence-electron chi connectivity index (χ2n) is 8.22. The molecule has 2 rings (SSSR count). The highest BCUT2D eigenvalue weighted by Gasteiger charge is 2.31. The van der Waals surface area contributed by atoms with E-state index in [9.17, 15) is 0 Å². The first-order valence-electron chi connectivity index (χ1n) is 10.5. The number of benzene rings is 1. The summed E-state index contributed by atoms with van der Waals surface area (Å²) in [4.78, 5) is 9.66. The average Bonchev–Trinajstić information content (AvgIpc) is 3.03. The Morgan fingerprint density at radius 3 is 2.52 bits per heavy atom. The molecule has 0 amide bonds. The molecule has 3 atom stereocenters. The van der Waals surface area contributed by atoms with Gasteiger partial charge >= 0.3 is 0 Å². The van der Waals surface area contributed by atoms with Crippen LogP contribution in [0.25, 0.3) is 0 Å². The lowest BCUT2D eigenvalue weighted by atomic mass is 10.0. The molecule has 1 aromatic carbocycles. The average molecular weight is 518 g/mol. The van der Waals surface area contributed by atoms with Crippen LogP contribution < -0.4 is 15.4 Å². The zero-order valence-electron chi connectivity index (χ0n) is 19.1. The Balaban J connectivity index is 0.00000420. The third-order valence-corrected chi connectivity index (χ3v) is 5.58. The molecule has 0 spiro atoms. The molecule has 0 radical (unpaired) electrons. The number of nitrogens with one attached hydrogen (secondary N) is 2. The molecule has 1 fully saturated rings. The molecule has 6 nitrogen and oxygen atoms in total. The van der Waals surface area contributed by atoms with E-state index in [1.54, 1.807) is 7.11 Å². The minimum absolute atomic E-state index is 0. The highest BCUT2D eigenvalue weighted by Crippen LogP contribution is 2.28. The molecule has 1 aromatic rings. The van der Waals surface area contributed by atoms with E-state index < -0.39 is 0 Å². The molecule has 0 aliphatic carbocycles. The minimum atomic E-state index is 0. The summed E-state index contributed by atoms with van der Waals surface area (Å²) in [6.45, 7) is 12.7. The lowest BCUT2D eigenvalue weighted by Gasteiger charge is -2.26. The van der Waals surface area contributed by atoms with Gasteiger partial charge in [-0.15, -0.1) is 24.0 Å². The number of nitrogens with zero attached hydrogens (tertiary/aromatic N) is 3. The van der Waals surface area contributed by atoms with Crippen molar-refractivity contribution in [2.45, 2.75) is 45.8 Å².